The molecule has 2 aliphatic heterocycles. The molecule has 6 nitrogen and oxygen atoms in total. The smallest absolute Gasteiger partial charge is 0.237 e. The van der Waals surface area contributed by atoms with Gasteiger partial charge in [-0.25, -0.2) is 9.97 Å². The van der Waals surface area contributed by atoms with E-state index in [1.807, 2.05) is 35.2 Å². The number of carbonyl (C=O) groups is 1. The summed E-state index contributed by atoms with van der Waals surface area (Å²) in [5, 5.41) is 1.88. The Morgan fingerprint density at radius 2 is 1.88 bits per heavy atom. The Kier molecular flexibility index (Phi) is 6.39. The molecule has 2 aromatic carbocycles. The number of amides is 1. The van der Waals surface area contributed by atoms with E-state index in [1.54, 1.807) is 0 Å². The molecule has 1 atom stereocenters. The molecule has 0 bridgehead atoms. The molecule has 3 aromatic rings. The second-order valence-electron chi connectivity index (χ2n) is 8.42. The van der Waals surface area contributed by atoms with Crippen molar-refractivity contribution >= 4 is 34.3 Å². The van der Waals surface area contributed by atoms with Crippen molar-refractivity contribution in [3.63, 3.8) is 0 Å². The fraction of sp³-hybridized carbons (Fsp3) is 0.400. The third-order valence-electron chi connectivity index (χ3n) is 6.21. The van der Waals surface area contributed by atoms with Crippen molar-refractivity contribution in [3.8, 4) is 0 Å². The van der Waals surface area contributed by atoms with Crippen molar-refractivity contribution in [2.24, 2.45) is 0 Å². The topological polar surface area (TPSA) is 58.6 Å². The van der Waals surface area contributed by atoms with Gasteiger partial charge in [0.25, 0.3) is 0 Å². The molecule has 3 heterocycles. The van der Waals surface area contributed by atoms with E-state index in [0.717, 1.165) is 66.6 Å². The molecule has 0 N–H and O–H groups in total. The summed E-state index contributed by atoms with van der Waals surface area (Å²) in [5.41, 5.74) is 3.24. The summed E-state index contributed by atoms with van der Waals surface area (Å²) in [5.74, 6) is 1.29. The van der Waals surface area contributed by atoms with E-state index in [4.69, 9.17) is 14.7 Å². The maximum absolute atomic E-state index is 13.3. The van der Waals surface area contributed by atoms with Gasteiger partial charge in [0.2, 0.25) is 5.91 Å². The number of rotatable bonds is 5. The number of aromatic nitrogens is 2. The minimum absolute atomic E-state index is 0.132. The third kappa shape index (κ3) is 4.51. The number of para-hydroxylation sites is 2. The average molecular weight is 449 g/mol. The van der Waals surface area contributed by atoms with Crippen LogP contribution < -0.4 is 4.90 Å². The molecule has 0 saturated carbocycles. The molecule has 1 aromatic heterocycles. The molecule has 0 radical (unpaired) electrons. The zero-order valence-corrected chi connectivity index (χ0v) is 19.2. The van der Waals surface area contributed by atoms with Gasteiger partial charge in [-0.3, -0.25) is 9.69 Å². The molecule has 1 amide bonds. The van der Waals surface area contributed by atoms with Crippen LogP contribution in [0.1, 0.15) is 24.7 Å². The van der Waals surface area contributed by atoms with Crippen molar-refractivity contribution in [1.29, 1.82) is 0 Å². The Labute approximate surface area is 193 Å². The highest BCUT2D eigenvalue weighted by Crippen LogP contribution is 2.32. The van der Waals surface area contributed by atoms with Crippen molar-refractivity contribution in [2.75, 3.05) is 37.0 Å². The minimum atomic E-state index is 0.132. The summed E-state index contributed by atoms with van der Waals surface area (Å²) in [6.45, 7) is 6.12. The fourth-order valence-corrected chi connectivity index (χ4v) is 5.40. The van der Waals surface area contributed by atoms with Crippen LogP contribution in [0.5, 0.6) is 0 Å². The van der Waals surface area contributed by atoms with Crippen LogP contribution in [0, 0.1) is 0 Å². The van der Waals surface area contributed by atoms with Crippen LogP contribution in [0.4, 0.5) is 5.69 Å². The van der Waals surface area contributed by atoms with E-state index in [-0.39, 0.29) is 11.9 Å². The maximum Gasteiger partial charge on any atom is 0.237 e. The molecular weight excluding hydrogens is 420 g/mol. The number of hydrogen-bond donors (Lipinski definition) is 0. The van der Waals surface area contributed by atoms with Crippen molar-refractivity contribution < 1.29 is 9.53 Å². The molecule has 2 aliphatic rings. The number of thioether (sulfide) groups is 1. The Morgan fingerprint density at radius 3 is 2.75 bits per heavy atom. The largest absolute Gasteiger partial charge is 0.379 e. The standard InChI is InChI=1S/C25H28N4O2S/c1-18-10-11-19-6-2-5-9-22(19)29(18)24(30)17-32-25-20-7-3-4-8-21(20)26-23(27-25)16-28-12-14-31-15-13-28/h2-9,18H,10-17H2,1H3. The number of anilines is 1. The summed E-state index contributed by atoms with van der Waals surface area (Å²) in [7, 11) is 0. The first-order chi connectivity index (χ1) is 15.7. The van der Waals surface area contributed by atoms with Gasteiger partial charge in [-0.05, 0) is 37.5 Å². The van der Waals surface area contributed by atoms with Gasteiger partial charge in [0.05, 0.1) is 31.0 Å². The zero-order valence-electron chi connectivity index (χ0n) is 18.4. The van der Waals surface area contributed by atoms with Crippen molar-refractivity contribution in [2.45, 2.75) is 37.4 Å². The lowest BCUT2D eigenvalue weighted by Crippen LogP contribution is -2.43. The quantitative estimate of drug-likeness (QED) is 0.436. The monoisotopic (exact) mass is 448 g/mol. The second kappa shape index (κ2) is 9.57. The summed E-state index contributed by atoms with van der Waals surface area (Å²) in [6.07, 6.45) is 2.02. The van der Waals surface area contributed by atoms with E-state index in [9.17, 15) is 4.79 Å². The number of nitrogens with zero attached hydrogens (tertiary/aromatic N) is 4. The van der Waals surface area contributed by atoms with Gasteiger partial charge >= 0.3 is 0 Å². The average Bonchev–Trinajstić information content (AvgIpc) is 2.83. The van der Waals surface area contributed by atoms with Gasteiger partial charge in [-0.15, -0.1) is 0 Å². The molecule has 0 spiro atoms. The number of ether oxygens (including phenoxy) is 1. The van der Waals surface area contributed by atoms with E-state index in [0.29, 0.717) is 12.3 Å². The van der Waals surface area contributed by atoms with Gasteiger partial charge < -0.3 is 9.64 Å². The van der Waals surface area contributed by atoms with E-state index < -0.39 is 0 Å². The summed E-state index contributed by atoms with van der Waals surface area (Å²) in [4.78, 5) is 27.3. The molecule has 0 aliphatic carbocycles. The normalized spacial score (nSPS) is 19.2. The third-order valence-corrected chi connectivity index (χ3v) is 7.18. The van der Waals surface area contributed by atoms with Crippen LogP contribution in [0.25, 0.3) is 10.9 Å². The molecule has 7 heteroatoms. The van der Waals surface area contributed by atoms with Crippen molar-refractivity contribution in [3.05, 3.63) is 59.9 Å². The molecular formula is C25H28N4O2S. The first-order valence-electron chi connectivity index (χ1n) is 11.3. The second-order valence-corrected chi connectivity index (χ2v) is 9.38. The highest BCUT2D eigenvalue weighted by molar-refractivity contribution is 8.00. The van der Waals surface area contributed by atoms with E-state index in [2.05, 4.69) is 30.0 Å². The first-order valence-corrected chi connectivity index (χ1v) is 12.3. The number of carbonyl (C=O) groups excluding carboxylic acids is 1. The van der Waals surface area contributed by atoms with Crippen LogP contribution >= 0.6 is 11.8 Å². The van der Waals surface area contributed by atoms with Crippen LogP contribution in [-0.2, 0) is 22.5 Å². The maximum atomic E-state index is 13.3. The van der Waals surface area contributed by atoms with Crippen LogP contribution in [0.3, 0.4) is 0 Å². The number of aryl methyl sites for hydroxylation is 1. The molecule has 5 rings (SSSR count). The first kappa shape index (κ1) is 21.4. The number of fused-ring (bicyclic) bond motifs is 2. The van der Waals surface area contributed by atoms with Gasteiger partial charge in [-0.2, -0.15) is 0 Å². The highest BCUT2D eigenvalue weighted by atomic mass is 32.2. The van der Waals surface area contributed by atoms with Gasteiger partial charge in [0.1, 0.15) is 10.9 Å². The highest BCUT2D eigenvalue weighted by Gasteiger charge is 2.28. The Balaban J connectivity index is 1.37. The number of hydrogen-bond acceptors (Lipinski definition) is 6. The molecule has 1 saturated heterocycles. The number of benzene rings is 2. The Bertz CT molecular complexity index is 1120. The Morgan fingerprint density at radius 1 is 1.09 bits per heavy atom. The zero-order chi connectivity index (χ0) is 21.9. The lowest BCUT2D eigenvalue weighted by Gasteiger charge is -2.35. The van der Waals surface area contributed by atoms with Crippen LogP contribution in [-0.4, -0.2) is 58.9 Å². The summed E-state index contributed by atoms with van der Waals surface area (Å²) >= 11 is 1.52. The fourth-order valence-electron chi connectivity index (χ4n) is 4.50. The molecule has 1 unspecified atom stereocenters. The van der Waals surface area contributed by atoms with Gasteiger partial charge in [0, 0.05) is 30.2 Å². The van der Waals surface area contributed by atoms with Gasteiger partial charge in [-0.1, -0.05) is 48.2 Å². The predicted molar refractivity (Wildman–Crippen MR) is 128 cm³/mol. The van der Waals surface area contributed by atoms with E-state index >= 15 is 0 Å². The van der Waals surface area contributed by atoms with Gasteiger partial charge in [0.15, 0.2) is 0 Å². The Hall–Kier alpha value is -2.48. The SMILES string of the molecule is CC1CCc2ccccc2N1C(=O)CSc1nc(CN2CCOCC2)nc2ccccc12. The van der Waals surface area contributed by atoms with Crippen LogP contribution in [0.2, 0.25) is 0 Å². The number of morpholine rings is 1. The molecule has 166 valence electrons. The lowest BCUT2D eigenvalue weighted by atomic mass is 9.97. The lowest BCUT2D eigenvalue weighted by molar-refractivity contribution is -0.116. The summed E-state index contributed by atoms with van der Waals surface area (Å²) in [6, 6.07) is 16.5. The van der Waals surface area contributed by atoms with Crippen molar-refractivity contribution in [1.82, 2.24) is 14.9 Å². The predicted octanol–water partition coefficient (Wildman–Crippen LogP) is 3.92. The summed E-state index contributed by atoms with van der Waals surface area (Å²) < 4.78 is 5.46. The van der Waals surface area contributed by atoms with E-state index in [1.165, 1.54) is 17.3 Å². The van der Waals surface area contributed by atoms with Crippen LogP contribution in [0.15, 0.2) is 53.6 Å². The molecule has 1 fully saturated rings. The minimum Gasteiger partial charge on any atom is -0.379 e. The molecule has 32 heavy (non-hydrogen) atoms.